The van der Waals surface area contributed by atoms with E-state index < -0.39 is 11.9 Å². The van der Waals surface area contributed by atoms with Gasteiger partial charge in [-0.15, -0.1) is 0 Å². The minimum absolute atomic E-state index is 0.138. The van der Waals surface area contributed by atoms with Crippen LogP contribution in [0.4, 0.5) is 16.2 Å². The van der Waals surface area contributed by atoms with Gasteiger partial charge in [-0.25, -0.2) is 4.79 Å². The van der Waals surface area contributed by atoms with Gasteiger partial charge in [0.2, 0.25) is 11.8 Å². The molecule has 8 nitrogen and oxygen atoms in total. The van der Waals surface area contributed by atoms with Crippen molar-refractivity contribution in [3.63, 3.8) is 0 Å². The van der Waals surface area contributed by atoms with E-state index >= 15 is 0 Å². The molecular weight excluding hydrogens is 408 g/mol. The molecule has 0 spiro atoms. The van der Waals surface area contributed by atoms with Crippen LogP contribution in [0.5, 0.6) is 0 Å². The third kappa shape index (κ3) is 3.23. The lowest BCUT2D eigenvalue weighted by Crippen LogP contribution is -2.52. The number of carbonyl (C=O) groups is 4. The van der Waals surface area contributed by atoms with Gasteiger partial charge in [0, 0.05) is 41.9 Å². The topological polar surface area (TPSA) is 98.8 Å². The average molecular weight is 432 g/mol. The van der Waals surface area contributed by atoms with E-state index in [2.05, 4.69) is 24.5 Å². The van der Waals surface area contributed by atoms with Gasteiger partial charge in [0.15, 0.2) is 0 Å². The van der Waals surface area contributed by atoms with Crippen molar-refractivity contribution < 1.29 is 19.2 Å². The van der Waals surface area contributed by atoms with Crippen molar-refractivity contribution in [2.45, 2.75) is 44.7 Å². The van der Waals surface area contributed by atoms with Gasteiger partial charge in [-0.1, -0.05) is 32.0 Å². The van der Waals surface area contributed by atoms with Gasteiger partial charge in [-0.2, -0.15) is 0 Å². The Balaban J connectivity index is 1.33. The Bertz CT molecular complexity index is 1170. The number of imide groups is 1. The van der Waals surface area contributed by atoms with Crippen molar-refractivity contribution in [3.05, 3.63) is 59.2 Å². The first kappa shape index (κ1) is 20.2. The molecule has 3 heterocycles. The van der Waals surface area contributed by atoms with Crippen LogP contribution in [0.25, 0.3) is 0 Å². The smallest absolute Gasteiger partial charge is 0.322 e. The summed E-state index contributed by atoms with van der Waals surface area (Å²) in [5.41, 5.74) is 3.75. The van der Waals surface area contributed by atoms with Gasteiger partial charge < -0.3 is 10.2 Å². The third-order valence-electron chi connectivity index (χ3n) is 6.50. The molecule has 2 aromatic carbocycles. The van der Waals surface area contributed by atoms with E-state index in [0.29, 0.717) is 24.2 Å². The molecule has 2 aromatic rings. The highest BCUT2D eigenvalue weighted by molar-refractivity contribution is 6.07. The van der Waals surface area contributed by atoms with Gasteiger partial charge in [-0.05, 0) is 41.8 Å². The summed E-state index contributed by atoms with van der Waals surface area (Å²) in [5, 5.41) is 5.25. The highest BCUT2D eigenvalue weighted by Crippen LogP contribution is 2.40. The summed E-state index contributed by atoms with van der Waals surface area (Å²) in [6, 6.07) is 12.2. The van der Waals surface area contributed by atoms with E-state index in [9.17, 15) is 19.2 Å². The fourth-order valence-corrected chi connectivity index (χ4v) is 4.87. The number of rotatable bonds is 2. The largest absolute Gasteiger partial charge is 0.326 e. The normalized spacial score (nSPS) is 21.3. The Morgan fingerprint density at radius 2 is 1.91 bits per heavy atom. The van der Waals surface area contributed by atoms with E-state index in [-0.39, 0.29) is 36.2 Å². The van der Waals surface area contributed by atoms with Crippen molar-refractivity contribution in [3.8, 4) is 0 Å². The molecule has 3 aliphatic rings. The van der Waals surface area contributed by atoms with Gasteiger partial charge in [-0.3, -0.25) is 24.6 Å². The van der Waals surface area contributed by atoms with Crippen LogP contribution in [-0.2, 0) is 21.5 Å². The average Bonchev–Trinajstić information content (AvgIpc) is 3.22. The molecule has 0 aromatic heterocycles. The molecule has 0 saturated carbocycles. The number of benzene rings is 2. The first-order valence-electron chi connectivity index (χ1n) is 10.7. The summed E-state index contributed by atoms with van der Waals surface area (Å²) in [6.45, 7) is 5.07. The predicted octanol–water partition coefficient (Wildman–Crippen LogP) is 2.78. The molecule has 1 saturated heterocycles. The van der Waals surface area contributed by atoms with Crippen molar-refractivity contribution in [1.82, 2.24) is 10.2 Å². The number of nitrogens with one attached hydrogen (secondary N) is 2. The molecular formula is C24H24N4O4. The zero-order valence-corrected chi connectivity index (χ0v) is 18.0. The second-order valence-electron chi connectivity index (χ2n) is 9.19. The zero-order valence-electron chi connectivity index (χ0n) is 18.0. The molecule has 1 atom stereocenters. The first-order valence-corrected chi connectivity index (χ1v) is 10.7. The highest BCUT2D eigenvalue weighted by Gasteiger charge is 2.40. The number of fused-ring (bicyclic) bond motifs is 2. The first-order chi connectivity index (χ1) is 15.2. The van der Waals surface area contributed by atoms with Gasteiger partial charge in [0.1, 0.15) is 6.04 Å². The van der Waals surface area contributed by atoms with Crippen LogP contribution in [0, 0.1) is 0 Å². The molecule has 0 bridgehead atoms. The summed E-state index contributed by atoms with van der Waals surface area (Å²) in [7, 11) is 0. The SMILES string of the molecule is CC1(C)CN(C(=O)Nc2ccc3c(c2)CN(C2CCC(=O)NC2=O)C3=O)c2ccccc21. The van der Waals surface area contributed by atoms with Crippen LogP contribution in [0.2, 0.25) is 0 Å². The fraction of sp³-hybridized carbons (Fsp3) is 0.333. The summed E-state index contributed by atoms with van der Waals surface area (Å²) in [5.74, 6) is -0.985. The van der Waals surface area contributed by atoms with Crippen LogP contribution in [0.3, 0.4) is 0 Å². The monoisotopic (exact) mass is 432 g/mol. The highest BCUT2D eigenvalue weighted by atomic mass is 16.2. The maximum absolute atomic E-state index is 13.1. The van der Waals surface area contributed by atoms with Crippen molar-refractivity contribution in [2.24, 2.45) is 0 Å². The summed E-state index contributed by atoms with van der Waals surface area (Å²) in [4.78, 5) is 52.8. The molecule has 5 rings (SSSR count). The maximum Gasteiger partial charge on any atom is 0.326 e. The maximum atomic E-state index is 13.1. The Hall–Kier alpha value is -3.68. The third-order valence-corrected chi connectivity index (χ3v) is 6.50. The molecule has 1 fully saturated rings. The van der Waals surface area contributed by atoms with Gasteiger partial charge in [0.25, 0.3) is 5.91 Å². The molecule has 8 heteroatoms. The van der Waals surface area contributed by atoms with Crippen LogP contribution in [-0.4, -0.2) is 41.2 Å². The predicted molar refractivity (Wildman–Crippen MR) is 118 cm³/mol. The molecule has 1 unspecified atom stereocenters. The van der Waals surface area contributed by atoms with E-state index in [1.165, 1.54) is 4.90 Å². The van der Waals surface area contributed by atoms with E-state index in [1.54, 1.807) is 23.1 Å². The lowest BCUT2D eigenvalue weighted by molar-refractivity contribution is -0.136. The van der Waals surface area contributed by atoms with Crippen LogP contribution in [0.15, 0.2) is 42.5 Å². The Labute approximate surface area is 185 Å². The van der Waals surface area contributed by atoms with Crippen LogP contribution >= 0.6 is 0 Å². The minimum Gasteiger partial charge on any atom is -0.322 e. The Kier molecular flexibility index (Phi) is 4.54. The molecule has 0 aliphatic carbocycles. The van der Waals surface area contributed by atoms with Crippen molar-refractivity contribution in [1.29, 1.82) is 0 Å². The standard InChI is InChI=1S/C24H24N4O4/c1-24(2)13-28(18-6-4-3-5-17(18)24)23(32)25-15-7-8-16-14(11-15)12-27(22(16)31)19-9-10-20(29)26-21(19)30/h3-8,11,19H,9-10,12-13H2,1-2H3,(H,25,32)(H,26,29,30). The van der Waals surface area contributed by atoms with Crippen LogP contribution < -0.4 is 15.5 Å². The number of anilines is 2. The Morgan fingerprint density at radius 1 is 1.12 bits per heavy atom. The number of hydrogen-bond acceptors (Lipinski definition) is 4. The minimum atomic E-state index is -0.658. The molecule has 164 valence electrons. The molecule has 5 amide bonds. The number of hydrogen-bond donors (Lipinski definition) is 2. The molecule has 3 aliphatic heterocycles. The molecule has 2 N–H and O–H groups in total. The van der Waals surface area contributed by atoms with Crippen LogP contribution in [0.1, 0.15) is 48.2 Å². The second kappa shape index (κ2) is 7.19. The lowest BCUT2D eigenvalue weighted by Gasteiger charge is -2.29. The van der Waals surface area contributed by atoms with E-state index in [1.807, 2.05) is 24.3 Å². The van der Waals surface area contributed by atoms with Gasteiger partial charge >= 0.3 is 6.03 Å². The van der Waals surface area contributed by atoms with Gasteiger partial charge in [0.05, 0.1) is 0 Å². The molecule has 32 heavy (non-hydrogen) atoms. The second-order valence-corrected chi connectivity index (χ2v) is 9.19. The summed E-state index contributed by atoms with van der Waals surface area (Å²) >= 11 is 0. The van der Waals surface area contributed by atoms with E-state index in [0.717, 1.165) is 16.8 Å². The summed E-state index contributed by atoms with van der Waals surface area (Å²) in [6.07, 6.45) is 0.531. The number of carbonyl (C=O) groups excluding carboxylic acids is 4. The quantitative estimate of drug-likeness (QED) is 0.713. The summed E-state index contributed by atoms with van der Waals surface area (Å²) < 4.78 is 0. The number of urea groups is 1. The number of nitrogens with zero attached hydrogens (tertiary/aromatic N) is 2. The molecule has 0 radical (unpaired) electrons. The number of piperidine rings is 1. The van der Waals surface area contributed by atoms with Crippen molar-refractivity contribution in [2.75, 3.05) is 16.8 Å². The lowest BCUT2D eigenvalue weighted by atomic mass is 9.87. The van der Waals surface area contributed by atoms with Crippen molar-refractivity contribution >= 4 is 35.1 Å². The number of amides is 5. The van der Waals surface area contributed by atoms with E-state index in [4.69, 9.17) is 0 Å². The fourth-order valence-electron chi connectivity index (χ4n) is 4.87. The number of para-hydroxylation sites is 1. The Morgan fingerprint density at radius 3 is 2.69 bits per heavy atom. The zero-order chi connectivity index (χ0) is 22.6.